The fourth-order valence-corrected chi connectivity index (χ4v) is 3.60. The first-order valence-electron chi connectivity index (χ1n) is 11.5. The Morgan fingerprint density at radius 2 is 1.80 bits per heavy atom. The molecule has 186 valence electrons. The molecular formula is C25H31N5O5. The zero-order valence-corrected chi connectivity index (χ0v) is 20.8. The van der Waals surface area contributed by atoms with Gasteiger partial charge in [0, 0.05) is 30.7 Å². The topological polar surface area (TPSA) is 126 Å². The second-order valence-corrected chi connectivity index (χ2v) is 8.97. The second-order valence-electron chi connectivity index (χ2n) is 8.97. The van der Waals surface area contributed by atoms with Gasteiger partial charge in [-0.1, -0.05) is 27.7 Å². The van der Waals surface area contributed by atoms with Crippen LogP contribution in [0.1, 0.15) is 56.6 Å². The van der Waals surface area contributed by atoms with Gasteiger partial charge in [-0.25, -0.2) is 14.6 Å². The minimum atomic E-state index is -0.663. The number of amides is 2. The average molecular weight is 482 g/mol. The van der Waals surface area contributed by atoms with Gasteiger partial charge in [0.05, 0.1) is 17.6 Å². The first-order chi connectivity index (χ1) is 16.5. The molecule has 2 amide bonds. The Balaban J connectivity index is 2.04. The van der Waals surface area contributed by atoms with Crippen molar-refractivity contribution in [2.24, 2.45) is 5.92 Å². The van der Waals surface area contributed by atoms with Crippen LogP contribution in [-0.4, -0.2) is 40.2 Å². The van der Waals surface area contributed by atoms with E-state index in [-0.39, 0.29) is 35.0 Å². The summed E-state index contributed by atoms with van der Waals surface area (Å²) in [6.07, 6.45) is -0.486. The van der Waals surface area contributed by atoms with Crippen LogP contribution in [0.25, 0.3) is 11.0 Å². The largest absolute Gasteiger partial charge is 0.449 e. The molecule has 3 aromatic rings. The minimum Gasteiger partial charge on any atom is -0.449 e. The number of fused-ring (bicyclic) bond motifs is 1. The predicted molar refractivity (Wildman–Crippen MR) is 135 cm³/mol. The first kappa shape index (κ1) is 25.7. The Bertz CT molecular complexity index is 1360. The summed E-state index contributed by atoms with van der Waals surface area (Å²) in [6, 6.07) is 8.22. The number of H-pyrrole nitrogens is 1. The molecule has 10 heteroatoms. The van der Waals surface area contributed by atoms with Crippen LogP contribution >= 0.6 is 0 Å². The van der Waals surface area contributed by atoms with E-state index in [4.69, 9.17) is 4.74 Å². The van der Waals surface area contributed by atoms with Crippen molar-refractivity contribution in [1.29, 1.82) is 0 Å². The molecule has 0 atom stereocenters. The molecule has 0 aliphatic carbocycles. The molecular weight excluding hydrogens is 450 g/mol. The highest BCUT2D eigenvalue weighted by molar-refractivity contribution is 6.12. The number of aromatic nitrogens is 3. The molecule has 0 aliphatic rings. The molecule has 0 radical (unpaired) electrons. The van der Waals surface area contributed by atoms with Crippen molar-refractivity contribution in [1.82, 2.24) is 14.5 Å². The first-order valence-corrected chi connectivity index (χ1v) is 11.5. The lowest BCUT2D eigenvalue weighted by Crippen LogP contribution is -2.33. The number of anilines is 2. The number of aromatic amines is 1. The highest BCUT2D eigenvalue weighted by Gasteiger charge is 2.21. The molecule has 2 heterocycles. The van der Waals surface area contributed by atoms with E-state index in [2.05, 4.69) is 15.3 Å². The molecule has 0 saturated heterocycles. The summed E-state index contributed by atoms with van der Waals surface area (Å²) in [5.74, 6) is -0.425. The number of nitrogens with one attached hydrogen (secondary N) is 2. The Kier molecular flexibility index (Phi) is 7.73. The van der Waals surface area contributed by atoms with Gasteiger partial charge < -0.3 is 10.1 Å². The van der Waals surface area contributed by atoms with Crippen LogP contribution in [-0.2, 0) is 11.3 Å². The normalized spacial score (nSPS) is 11.2. The third-order valence-electron chi connectivity index (χ3n) is 5.41. The van der Waals surface area contributed by atoms with E-state index in [1.165, 1.54) is 9.47 Å². The summed E-state index contributed by atoms with van der Waals surface area (Å²) in [7, 11) is 1.59. The van der Waals surface area contributed by atoms with Crippen LogP contribution in [0.3, 0.4) is 0 Å². The van der Waals surface area contributed by atoms with Crippen LogP contribution in [0.4, 0.5) is 16.2 Å². The van der Waals surface area contributed by atoms with E-state index in [0.717, 1.165) is 0 Å². The summed E-state index contributed by atoms with van der Waals surface area (Å²) < 4.78 is 6.40. The fraction of sp³-hybridized carbons (Fsp3) is 0.400. The van der Waals surface area contributed by atoms with Gasteiger partial charge in [-0.3, -0.25) is 24.0 Å². The number of hydrogen-bond donors (Lipinski definition) is 2. The molecule has 0 fully saturated rings. The molecule has 0 spiro atoms. The van der Waals surface area contributed by atoms with E-state index >= 15 is 0 Å². The zero-order chi connectivity index (χ0) is 25.9. The predicted octanol–water partition coefficient (Wildman–Crippen LogP) is 3.71. The van der Waals surface area contributed by atoms with Crippen molar-refractivity contribution >= 4 is 34.4 Å². The van der Waals surface area contributed by atoms with E-state index in [1.54, 1.807) is 44.3 Å². The summed E-state index contributed by atoms with van der Waals surface area (Å²) in [5.41, 5.74) is 0.754. The maximum atomic E-state index is 13.3. The lowest BCUT2D eigenvalue weighted by molar-refractivity contribution is 0.102. The quantitative estimate of drug-likeness (QED) is 0.530. The lowest BCUT2D eigenvalue weighted by atomic mass is 10.0. The van der Waals surface area contributed by atoms with Crippen LogP contribution in [0.2, 0.25) is 0 Å². The van der Waals surface area contributed by atoms with Crippen molar-refractivity contribution in [3.05, 3.63) is 62.4 Å². The van der Waals surface area contributed by atoms with E-state index < -0.39 is 23.2 Å². The summed E-state index contributed by atoms with van der Waals surface area (Å²) in [5, 5.41) is 2.86. The smallest absolute Gasteiger partial charge is 0.413 e. The average Bonchev–Trinajstić information content (AvgIpc) is 2.80. The SMILES string of the molecule is CCOC(=O)N(C)c1ccc(NC(=O)c2cc(C(C)C)nc3c2c(=O)[nH]c(=O)n3CC(C)C)cc1. The maximum Gasteiger partial charge on any atom is 0.413 e. The van der Waals surface area contributed by atoms with Crippen molar-refractivity contribution in [3.8, 4) is 0 Å². The molecule has 0 saturated carbocycles. The molecule has 2 aromatic heterocycles. The van der Waals surface area contributed by atoms with Crippen molar-refractivity contribution in [2.75, 3.05) is 23.9 Å². The zero-order valence-electron chi connectivity index (χ0n) is 20.8. The number of ether oxygens (including phenoxy) is 1. The van der Waals surface area contributed by atoms with Crippen molar-refractivity contribution < 1.29 is 14.3 Å². The monoisotopic (exact) mass is 481 g/mol. The third kappa shape index (κ3) is 5.59. The highest BCUT2D eigenvalue weighted by atomic mass is 16.6. The van der Waals surface area contributed by atoms with Crippen molar-refractivity contribution in [2.45, 2.75) is 47.1 Å². The van der Waals surface area contributed by atoms with Gasteiger partial charge in [0.1, 0.15) is 0 Å². The fourth-order valence-electron chi connectivity index (χ4n) is 3.60. The van der Waals surface area contributed by atoms with Crippen molar-refractivity contribution in [3.63, 3.8) is 0 Å². The Hall–Kier alpha value is -3.95. The van der Waals surface area contributed by atoms with Gasteiger partial charge in [-0.05, 0) is 49.1 Å². The number of benzene rings is 1. The molecule has 0 unspecified atom stereocenters. The number of carbonyl (C=O) groups excluding carboxylic acids is 2. The van der Waals surface area contributed by atoms with Crippen LogP contribution in [0.5, 0.6) is 0 Å². The van der Waals surface area contributed by atoms with Gasteiger partial charge in [-0.15, -0.1) is 0 Å². The van der Waals surface area contributed by atoms with E-state index in [1.807, 2.05) is 27.7 Å². The minimum absolute atomic E-state index is 0.0365. The van der Waals surface area contributed by atoms with Crippen LogP contribution < -0.4 is 21.5 Å². The second kappa shape index (κ2) is 10.5. The summed E-state index contributed by atoms with van der Waals surface area (Å²) in [4.78, 5) is 58.8. The van der Waals surface area contributed by atoms with Gasteiger partial charge in [0.25, 0.3) is 11.5 Å². The van der Waals surface area contributed by atoms with Gasteiger partial charge >= 0.3 is 11.8 Å². The summed E-state index contributed by atoms with van der Waals surface area (Å²) >= 11 is 0. The summed E-state index contributed by atoms with van der Waals surface area (Å²) in [6.45, 7) is 10.1. The Morgan fingerprint density at radius 1 is 1.14 bits per heavy atom. The maximum absolute atomic E-state index is 13.3. The van der Waals surface area contributed by atoms with E-state index in [9.17, 15) is 19.2 Å². The number of nitrogens with zero attached hydrogens (tertiary/aromatic N) is 3. The van der Waals surface area contributed by atoms with Crippen LogP contribution in [0, 0.1) is 5.92 Å². The number of rotatable bonds is 7. The molecule has 0 bridgehead atoms. The van der Waals surface area contributed by atoms with Gasteiger partial charge in [0.2, 0.25) is 0 Å². The number of carbonyl (C=O) groups is 2. The Labute approximate surface area is 202 Å². The molecule has 3 rings (SSSR count). The van der Waals surface area contributed by atoms with Gasteiger partial charge in [0.15, 0.2) is 5.65 Å². The molecule has 2 N–H and O–H groups in total. The molecule has 1 aromatic carbocycles. The van der Waals surface area contributed by atoms with Crippen LogP contribution in [0.15, 0.2) is 39.9 Å². The number of hydrogen-bond acceptors (Lipinski definition) is 6. The lowest BCUT2D eigenvalue weighted by Gasteiger charge is -2.17. The molecule has 35 heavy (non-hydrogen) atoms. The highest BCUT2D eigenvalue weighted by Crippen LogP contribution is 2.23. The molecule has 0 aliphatic heterocycles. The van der Waals surface area contributed by atoms with Gasteiger partial charge in [-0.2, -0.15) is 0 Å². The van der Waals surface area contributed by atoms with E-state index in [0.29, 0.717) is 23.6 Å². The number of pyridine rings is 1. The Morgan fingerprint density at radius 3 is 2.37 bits per heavy atom. The third-order valence-corrected chi connectivity index (χ3v) is 5.41. The standard InChI is InChI=1S/C25H31N5O5/c1-7-35-25(34)29(6)17-10-8-16(9-11-17)26-22(31)18-12-19(15(4)5)27-21-20(18)23(32)28-24(33)30(21)13-14(2)3/h8-12,14-15H,7,13H2,1-6H3,(H,26,31)(H,28,32,33). The molecule has 10 nitrogen and oxygen atoms in total.